The molecule has 0 aliphatic rings. The van der Waals surface area contributed by atoms with Crippen LogP contribution >= 0.6 is 0 Å². The molecule has 0 atom stereocenters. The number of aromatic carboxylic acids is 1. The van der Waals surface area contributed by atoms with Gasteiger partial charge in [0.15, 0.2) is 0 Å². The van der Waals surface area contributed by atoms with E-state index in [1.807, 2.05) is 42.5 Å². The van der Waals surface area contributed by atoms with Crippen molar-refractivity contribution < 1.29 is 63.0 Å². The third kappa shape index (κ3) is 27.6. The summed E-state index contributed by atoms with van der Waals surface area (Å²) in [4.78, 5) is 37.0. The number of alkyl halides is 3. The normalized spacial score (nSPS) is 9.02. The first-order valence-electron chi connectivity index (χ1n) is 13.7. The second-order valence-corrected chi connectivity index (χ2v) is 8.85. The van der Waals surface area contributed by atoms with Gasteiger partial charge in [0.25, 0.3) is 0 Å². The van der Waals surface area contributed by atoms with E-state index in [1.54, 1.807) is 24.3 Å². The van der Waals surface area contributed by atoms with Crippen molar-refractivity contribution in [2.75, 3.05) is 0 Å². The maximum absolute atomic E-state index is 12.1. The minimum atomic E-state index is -4.61. The van der Waals surface area contributed by atoms with Crippen LogP contribution in [0.1, 0.15) is 36.7 Å². The minimum absolute atomic E-state index is 0.322. The summed E-state index contributed by atoms with van der Waals surface area (Å²) in [7, 11) is 0. The predicted molar refractivity (Wildman–Crippen MR) is 171 cm³/mol. The molecule has 0 radical (unpaired) electrons. The van der Waals surface area contributed by atoms with Crippen LogP contribution in [-0.4, -0.2) is 39.2 Å². The monoisotopic (exact) mass is 683 g/mol. The van der Waals surface area contributed by atoms with Crippen LogP contribution in [0, 0.1) is 0 Å². The molecule has 0 saturated carbocycles. The lowest BCUT2D eigenvalue weighted by atomic mass is 10.1. The van der Waals surface area contributed by atoms with Gasteiger partial charge in [0, 0.05) is 17.9 Å². The Labute approximate surface area is 280 Å². The number of carboxylic acid groups (broad SMARTS) is 4. The number of benzene rings is 5. The van der Waals surface area contributed by atoms with Gasteiger partial charge in [0.1, 0.15) is 17.1 Å². The number of carbonyl (C=O) groups excluding carboxylic acids is 3. The van der Waals surface area contributed by atoms with E-state index < -0.39 is 46.9 Å². The fourth-order valence-electron chi connectivity index (χ4n) is 2.83. The van der Waals surface area contributed by atoms with E-state index in [1.165, 1.54) is 10.8 Å². The van der Waals surface area contributed by atoms with Crippen molar-refractivity contribution in [1.29, 1.82) is 0 Å². The Morgan fingerprint density at radius 2 is 0.816 bits per heavy atom. The summed E-state index contributed by atoms with van der Waals surface area (Å²) >= 11 is 0. The number of fused-ring (bicyclic) bond motifs is 1. The van der Waals surface area contributed by atoms with E-state index in [-0.39, 0.29) is 0 Å². The Bertz CT molecular complexity index is 1530. The second kappa shape index (κ2) is 25.8. The third-order valence-electron chi connectivity index (χ3n) is 4.64. The van der Waals surface area contributed by atoms with Gasteiger partial charge in [-0.25, -0.2) is 4.79 Å². The molecular weight excluding hydrogens is 649 g/mol. The van der Waals surface area contributed by atoms with Crippen LogP contribution in [0.5, 0.6) is 11.5 Å². The zero-order valence-electron chi connectivity index (χ0n) is 26.5. The summed E-state index contributed by atoms with van der Waals surface area (Å²) < 4.78 is 36.3. The number of carbonyl (C=O) groups is 4. The quantitative estimate of drug-likeness (QED) is 0.229. The molecule has 0 bridgehead atoms. The van der Waals surface area contributed by atoms with E-state index in [9.17, 15) is 18.0 Å². The van der Waals surface area contributed by atoms with E-state index in [0.29, 0.717) is 23.9 Å². The topological polar surface area (TPSA) is 198 Å². The van der Waals surface area contributed by atoms with Gasteiger partial charge in [-0.3, -0.25) is 0 Å². The highest BCUT2D eigenvalue weighted by atomic mass is 19.4. The van der Waals surface area contributed by atoms with Crippen molar-refractivity contribution in [3.8, 4) is 11.5 Å². The molecule has 13 heteroatoms. The Balaban J connectivity index is 0. The Morgan fingerprint density at radius 1 is 0.531 bits per heavy atom. The third-order valence-corrected chi connectivity index (χ3v) is 4.64. The van der Waals surface area contributed by atoms with Gasteiger partial charge in [-0.05, 0) is 61.9 Å². The number of rotatable bonds is 1. The van der Waals surface area contributed by atoms with Crippen molar-refractivity contribution in [2.45, 2.75) is 26.9 Å². The maximum atomic E-state index is 12.1. The van der Waals surface area contributed by atoms with Crippen molar-refractivity contribution in [3.05, 3.63) is 145 Å². The number of phenolic OH excluding ortho intramolecular Hbond substituents is 1. The van der Waals surface area contributed by atoms with Crippen molar-refractivity contribution in [2.24, 2.45) is 0 Å². The SMILES string of the molecule is CC(=O)[O-].CC(=O)[O-].CC(=O)[O-].O=C(O)c1cc(C(F)(F)F)ccc1O.Oc1ccccc1.c1ccc2ccccc2c1.c1ccccc1. The molecule has 5 aromatic rings. The highest BCUT2D eigenvalue weighted by molar-refractivity contribution is 5.91. The summed E-state index contributed by atoms with van der Waals surface area (Å²) in [5.41, 5.74) is -1.87. The second-order valence-electron chi connectivity index (χ2n) is 8.85. The van der Waals surface area contributed by atoms with Crippen LogP contribution in [0.4, 0.5) is 13.2 Å². The van der Waals surface area contributed by atoms with Gasteiger partial charge in [-0.2, -0.15) is 13.2 Å². The number of para-hydroxylation sites is 1. The highest BCUT2D eigenvalue weighted by Crippen LogP contribution is 2.32. The van der Waals surface area contributed by atoms with Crippen molar-refractivity contribution in [3.63, 3.8) is 0 Å². The Morgan fingerprint density at radius 3 is 1.06 bits per heavy atom. The summed E-state index contributed by atoms with van der Waals surface area (Å²) in [6, 6.07) is 39.1. The molecule has 5 aromatic carbocycles. The highest BCUT2D eigenvalue weighted by Gasteiger charge is 2.31. The van der Waals surface area contributed by atoms with Gasteiger partial charge in [-0.1, -0.05) is 103 Å². The largest absolute Gasteiger partial charge is 0.550 e. The van der Waals surface area contributed by atoms with Crippen LogP contribution in [0.3, 0.4) is 0 Å². The Hall–Kier alpha value is -6.37. The summed E-state index contributed by atoms with van der Waals surface area (Å²) in [6.07, 6.45) is -4.61. The molecule has 10 nitrogen and oxygen atoms in total. The van der Waals surface area contributed by atoms with E-state index in [4.69, 9.17) is 45.0 Å². The smallest absolute Gasteiger partial charge is 0.416 e. The van der Waals surface area contributed by atoms with E-state index in [2.05, 4.69) is 48.5 Å². The average molecular weight is 684 g/mol. The van der Waals surface area contributed by atoms with Crippen LogP contribution < -0.4 is 15.3 Å². The molecular formula is C36H34F3O10-3. The van der Waals surface area contributed by atoms with Crippen molar-refractivity contribution >= 4 is 34.6 Å². The van der Waals surface area contributed by atoms with Crippen LogP contribution in [-0.2, 0) is 20.6 Å². The number of carboxylic acids is 4. The molecule has 0 aromatic heterocycles. The molecule has 0 fully saturated rings. The fraction of sp³-hybridized carbons (Fsp3) is 0.111. The first-order valence-corrected chi connectivity index (χ1v) is 13.7. The van der Waals surface area contributed by atoms with Gasteiger partial charge in [-0.15, -0.1) is 0 Å². The lowest BCUT2D eigenvalue weighted by molar-refractivity contribution is -0.303. The van der Waals surface area contributed by atoms with Crippen molar-refractivity contribution in [1.82, 2.24) is 0 Å². The molecule has 0 aliphatic heterocycles. The van der Waals surface area contributed by atoms with Crippen LogP contribution in [0.15, 0.2) is 133 Å². The number of aliphatic carboxylic acids is 3. The summed E-state index contributed by atoms with van der Waals surface area (Å²) in [5.74, 6) is -5.22. The molecule has 5 rings (SSSR count). The van der Waals surface area contributed by atoms with E-state index in [0.717, 1.165) is 20.8 Å². The first-order chi connectivity index (χ1) is 22.9. The lowest BCUT2D eigenvalue weighted by Crippen LogP contribution is -2.16. The number of aromatic hydroxyl groups is 2. The standard InChI is InChI=1S/C10H8.C8H5F3O3.C6H6O.C6H6.3C2H4O2/c1-2-6-10-8-4-3-7-9(10)5-1;9-8(10,11)4-1-2-6(12)5(3-4)7(13)14;7-6-4-2-1-3-5-6;1-2-4-6-5-3-1;3*1-2(3)4/h1-8H;1-3,12H,(H,13,14);1-5,7H;1-6H;3*1H3,(H,3,4)/p-3. The molecule has 0 saturated heterocycles. The molecule has 0 aliphatic carbocycles. The number of hydrogen-bond donors (Lipinski definition) is 3. The van der Waals surface area contributed by atoms with Gasteiger partial charge in [0.05, 0.1) is 5.56 Å². The maximum Gasteiger partial charge on any atom is 0.416 e. The van der Waals surface area contributed by atoms with Crippen LogP contribution in [0.25, 0.3) is 10.8 Å². The first kappa shape index (κ1) is 44.8. The molecule has 0 heterocycles. The molecule has 3 N–H and O–H groups in total. The van der Waals surface area contributed by atoms with Crippen LogP contribution in [0.2, 0.25) is 0 Å². The molecule has 0 spiro atoms. The lowest BCUT2D eigenvalue weighted by Gasteiger charge is -2.07. The van der Waals surface area contributed by atoms with Gasteiger partial charge in [0.2, 0.25) is 0 Å². The number of halogens is 3. The Kier molecular flexibility index (Phi) is 23.5. The predicted octanol–water partition coefficient (Wildman–Crippen LogP) is 4.30. The fourth-order valence-corrected chi connectivity index (χ4v) is 2.83. The van der Waals surface area contributed by atoms with Gasteiger partial charge < -0.3 is 45.0 Å². The summed E-state index contributed by atoms with van der Waals surface area (Å²) in [5, 5.41) is 55.3. The zero-order chi connectivity index (χ0) is 37.8. The molecule has 0 amide bonds. The number of hydrogen-bond acceptors (Lipinski definition) is 9. The zero-order valence-corrected chi connectivity index (χ0v) is 26.5. The molecule has 49 heavy (non-hydrogen) atoms. The summed E-state index contributed by atoms with van der Waals surface area (Å²) in [6.45, 7) is 2.92. The molecule has 262 valence electrons. The van der Waals surface area contributed by atoms with Gasteiger partial charge >= 0.3 is 12.1 Å². The molecule has 0 unspecified atom stereocenters. The minimum Gasteiger partial charge on any atom is -0.550 e. The van der Waals surface area contributed by atoms with E-state index >= 15 is 0 Å². The average Bonchev–Trinajstić information content (AvgIpc) is 3.02. The number of phenols is 2.